The molecule has 4 atom stereocenters. The molecule has 7 heteroatoms. The van der Waals surface area contributed by atoms with E-state index in [1.54, 1.807) is 4.90 Å². The number of hydrogen-bond donors (Lipinski definition) is 1. The number of piperazine rings is 2. The molecule has 162 valence electrons. The van der Waals surface area contributed by atoms with Crippen LogP contribution in [0, 0.1) is 0 Å². The van der Waals surface area contributed by atoms with Crippen molar-refractivity contribution in [3.8, 4) is 0 Å². The van der Waals surface area contributed by atoms with Crippen LogP contribution in [-0.4, -0.2) is 75.2 Å². The highest BCUT2D eigenvalue weighted by Crippen LogP contribution is 2.40. The number of likely N-dealkylation sites (tertiary alicyclic amines) is 1. The van der Waals surface area contributed by atoms with Crippen LogP contribution in [0.3, 0.4) is 0 Å². The van der Waals surface area contributed by atoms with Crippen molar-refractivity contribution in [2.24, 2.45) is 0 Å². The van der Waals surface area contributed by atoms with Crippen LogP contribution < -0.4 is 4.90 Å². The van der Waals surface area contributed by atoms with Crippen molar-refractivity contribution in [1.29, 1.82) is 0 Å². The van der Waals surface area contributed by atoms with E-state index >= 15 is 0 Å². The van der Waals surface area contributed by atoms with Gasteiger partial charge in [-0.3, -0.25) is 9.80 Å². The highest BCUT2D eigenvalue weighted by molar-refractivity contribution is 5.67. The van der Waals surface area contributed by atoms with E-state index in [0.717, 1.165) is 45.0 Å². The molecule has 2 aromatic rings. The van der Waals surface area contributed by atoms with Gasteiger partial charge in [0.15, 0.2) is 0 Å². The number of carbonyl (C=O) groups is 1. The second-order valence-electron chi connectivity index (χ2n) is 9.55. The first kappa shape index (κ1) is 19.1. The van der Waals surface area contributed by atoms with Crippen LogP contribution in [-0.2, 0) is 13.1 Å². The van der Waals surface area contributed by atoms with Crippen LogP contribution >= 0.6 is 0 Å². The van der Waals surface area contributed by atoms with Gasteiger partial charge in [-0.05, 0) is 30.5 Å². The highest BCUT2D eigenvalue weighted by atomic mass is 16.4. The van der Waals surface area contributed by atoms with Crippen LogP contribution in [0.25, 0.3) is 0 Å². The van der Waals surface area contributed by atoms with E-state index in [1.807, 2.05) is 0 Å². The Labute approximate surface area is 182 Å². The van der Waals surface area contributed by atoms with Crippen molar-refractivity contribution < 1.29 is 9.90 Å². The van der Waals surface area contributed by atoms with Gasteiger partial charge in [-0.1, -0.05) is 36.4 Å². The maximum Gasteiger partial charge on any atom is 0.407 e. The second kappa shape index (κ2) is 7.21. The monoisotopic (exact) mass is 419 g/mol. The van der Waals surface area contributed by atoms with Crippen LogP contribution in [0.4, 0.5) is 10.6 Å². The van der Waals surface area contributed by atoms with Gasteiger partial charge in [0.2, 0.25) is 0 Å². The Hall–Kier alpha value is -2.64. The molecular weight excluding hydrogens is 390 g/mol. The van der Waals surface area contributed by atoms with Crippen LogP contribution in [0.15, 0.2) is 42.5 Å². The Kier molecular flexibility index (Phi) is 4.43. The molecule has 1 N–H and O–H groups in total. The maximum atomic E-state index is 11.4. The number of rotatable bonds is 3. The second-order valence-corrected chi connectivity index (χ2v) is 9.55. The molecule has 31 heavy (non-hydrogen) atoms. The van der Waals surface area contributed by atoms with Crippen molar-refractivity contribution in [3.63, 3.8) is 0 Å². The first-order valence-electron chi connectivity index (χ1n) is 11.3. The number of fused-ring (bicyclic) bond motifs is 5. The summed E-state index contributed by atoms with van der Waals surface area (Å²) >= 11 is 0. The lowest BCUT2D eigenvalue weighted by Gasteiger charge is -2.42. The molecule has 6 rings (SSSR count). The van der Waals surface area contributed by atoms with Crippen molar-refractivity contribution in [1.82, 2.24) is 19.7 Å². The molecule has 3 saturated heterocycles. The van der Waals surface area contributed by atoms with Crippen LogP contribution in [0.2, 0.25) is 0 Å². The number of aromatic nitrogens is 1. The summed E-state index contributed by atoms with van der Waals surface area (Å²) in [4.78, 5) is 25.6. The molecule has 2 bridgehead atoms. The molecule has 5 heterocycles. The minimum Gasteiger partial charge on any atom is -0.465 e. The fraction of sp³-hybridized carbons (Fsp3) is 0.500. The standard InChI is InChI=1S/C24H29N5O2/c1-16-10-26(11-17-5-3-2-4-6-17)15-22-20-7-8-23(25-21(20)14-27(16)22)28-12-19-9-18(28)13-29(19)24(30)31/h2-8,16,18-19,22H,9-15H2,1H3,(H,30,31)/t16-,18+,19+,22-/m1/s1. The van der Waals surface area contributed by atoms with Gasteiger partial charge in [-0.15, -0.1) is 0 Å². The topological polar surface area (TPSA) is 63.1 Å². The number of nitrogens with zero attached hydrogens (tertiary/aromatic N) is 5. The van der Waals surface area contributed by atoms with E-state index < -0.39 is 6.09 Å². The van der Waals surface area contributed by atoms with E-state index in [0.29, 0.717) is 18.6 Å². The Bertz CT molecular complexity index is 999. The summed E-state index contributed by atoms with van der Waals surface area (Å²) in [6, 6.07) is 16.4. The Morgan fingerprint density at radius 2 is 1.90 bits per heavy atom. The summed E-state index contributed by atoms with van der Waals surface area (Å²) in [6.07, 6.45) is 0.130. The number of benzene rings is 1. The summed E-state index contributed by atoms with van der Waals surface area (Å²) in [5, 5.41) is 9.36. The molecule has 4 aliphatic rings. The third-order valence-corrected chi connectivity index (χ3v) is 7.64. The molecule has 0 saturated carbocycles. The average Bonchev–Trinajstić information content (AvgIpc) is 3.47. The summed E-state index contributed by atoms with van der Waals surface area (Å²) in [5.74, 6) is 1.02. The normalized spacial score (nSPS) is 30.0. The zero-order valence-electron chi connectivity index (χ0n) is 17.9. The number of pyridine rings is 1. The molecule has 1 amide bonds. The van der Waals surface area contributed by atoms with Crippen LogP contribution in [0.1, 0.15) is 36.2 Å². The third-order valence-electron chi connectivity index (χ3n) is 7.64. The number of hydrogen-bond acceptors (Lipinski definition) is 5. The molecule has 3 fully saturated rings. The molecule has 4 aliphatic heterocycles. The lowest BCUT2D eigenvalue weighted by Crippen LogP contribution is -2.50. The number of amides is 1. The molecule has 1 aromatic carbocycles. The fourth-order valence-corrected chi connectivity index (χ4v) is 6.17. The van der Waals surface area contributed by atoms with Gasteiger partial charge in [0.05, 0.1) is 23.8 Å². The van der Waals surface area contributed by atoms with Gasteiger partial charge in [0.25, 0.3) is 0 Å². The summed E-state index contributed by atoms with van der Waals surface area (Å²) in [6.45, 7) is 7.71. The Morgan fingerprint density at radius 3 is 2.65 bits per heavy atom. The summed E-state index contributed by atoms with van der Waals surface area (Å²) in [5.41, 5.74) is 3.94. The molecule has 0 unspecified atom stereocenters. The first-order chi connectivity index (χ1) is 15.1. The smallest absolute Gasteiger partial charge is 0.407 e. The summed E-state index contributed by atoms with van der Waals surface area (Å²) in [7, 11) is 0. The first-order valence-corrected chi connectivity index (χ1v) is 11.3. The lowest BCUT2D eigenvalue weighted by atomic mass is 10.0. The maximum absolute atomic E-state index is 11.4. The molecule has 0 aliphatic carbocycles. The quantitative estimate of drug-likeness (QED) is 0.826. The number of anilines is 1. The van der Waals surface area contributed by atoms with E-state index in [1.165, 1.54) is 16.8 Å². The van der Waals surface area contributed by atoms with Crippen molar-refractivity contribution in [2.75, 3.05) is 31.1 Å². The van der Waals surface area contributed by atoms with E-state index in [-0.39, 0.29) is 12.1 Å². The zero-order valence-corrected chi connectivity index (χ0v) is 17.9. The van der Waals surface area contributed by atoms with Crippen molar-refractivity contribution in [2.45, 2.75) is 50.6 Å². The minimum atomic E-state index is -0.792. The molecular formula is C24H29N5O2. The van der Waals surface area contributed by atoms with Gasteiger partial charge in [0, 0.05) is 45.3 Å². The van der Waals surface area contributed by atoms with Gasteiger partial charge in [-0.2, -0.15) is 0 Å². The molecule has 1 aromatic heterocycles. The van der Waals surface area contributed by atoms with Gasteiger partial charge >= 0.3 is 6.09 Å². The van der Waals surface area contributed by atoms with E-state index in [4.69, 9.17) is 4.98 Å². The zero-order chi connectivity index (χ0) is 21.1. The van der Waals surface area contributed by atoms with Crippen molar-refractivity contribution >= 4 is 11.9 Å². The molecule has 0 radical (unpaired) electrons. The van der Waals surface area contributed by atoms with Gasteiger partial charge in [-0.25, -0.2) is 9.78 Å². The molecule has 0 spiro atoms. The average molecular weight is 420 g/mol. The third kappa shape index (κ3) is 3.18. The predicted molar refractivity (Wildman–Crippen MR) is 118 cm³/mol. The van der Waals surface area contributed by atoms with Gasteiger partial charge < -0.3 is 14.9 Å². The van der Waals surface area contributed by atoms with Crippen LogP contribution in [0.5, 0.6) is 0 Å². The predicted octanol–water partition coefficient (Wildman–Crippen LogP) is 2.78. The van der Waals surface area contributed by atoms with E-state index in [9.17, 15) is 9.90 Å². The minimum absolute atomic E-state index is 0.107. The van der Waals surface area contributed by atoms with Crippen molar-refractivity contribution in [3.05, 3.63) is 59.3 Å². The van der Waals surface area contributed by atoms with E-state index in [2.05, 4.69) is 64.1 Å². The fourth-order valence-electron chi connectivity index (χ4n) is 6.17. The van der Waals surface area contributed by atoms with Gasteiger partial charge in [0.1, 0.15) is 5.82 Å². The largest absolute Gasteiger partial charge is 0.465 e. The number of carboxylic acid groups (broad SMARTS) is 1. The Morgan fingerprint density at radius 1 is 1.06 bits per heavy atom. The lowest BCUT2D eigenvalue weighted by molar-refractivity contribution is 0.0336. The Balaban J connectivity index is 1.20. The highest BCUT2D eigenvalue weighted by Gasteiger charge is 2.46. The SMILES string of the molecule is C[C@@H]1CN(Cc2ccccc2)C[C@@H]2c3ccc(N4C[C@@H]5C[C@H]4CN5C(=O)O)nc3CN12. The summed E-state index contributed by atoms with van der Waals surface area (Å²) < 4.78 is 0. The molecule has 7 nitrogen and oxygen atoms in total.